The summed E-state index contributed by atoms with van der Waals surface area (Å²) in [6, 6.07) is 4.90. The number of amides is 1. The van der Waals surface area contributed by atoms with Crippen molar-refractivity contribution in [2.45, 2.75) is 51.1 Å². The monoisotopic (exact) mass is 250 g/mol. The van der Waals surface area contributed by atoms with Crippen molar-refractivity contribution in [2.24, 2.45) is 0 Å². The van der Waals surface area contributed by atoms with Gasteiger partial charge in [-0.2, -0.15) is 0 Å². The molecule has 1 aliphatic rings. The van der Waals surface area contributed by atoms with Crippen molar-refractivity contribution in [3.05, 3.63) is 24.2 Å². The third-order valence-corrected chi connectivity index (χ3v) is 3.52. The molecule has 2 rings (SSSR count). The molecule has 1 amide bonds. The van der Waals surface area contributed by atoms with Crippen molar-refractivity contribution in [3.8, 4) is 0 Å². The van der Waals surface area contributed by atoms with E-state index in [4.69, 9.17) is 4.42 Å². The molecule has 2 N–H and O–H groups in total. The molecule has 0 aliphatic heterocycles. The third-order valence-electron chi connectivity index (χ3n) is 3.52. The second-order valence-electron chi connectivity index (χ2n) is 5.03. The minimum absolute atomic E-state index is 0.0872. The van der Waals surface area contributed by atoms with Crippen LogP contribution in [0.1, 0.15) is 38.4 Å². The van der Waals surface area contributed by atoms with Gasteiger partial charge in [0.25, 0.3) is 0 Å². The largest absolute Gasteiger partial charge is 0.469 e. The molecule has 0 saturated heterocycles. The van der Waals surface area contributed by atoms with E-state index in [1.54, 1.807) is 13.2 Å². The van der Waals surface area contributed by atoms with E-state index < -0.39 is 0 Å². The summed E-state index contributed by atoms with van der Waals surface area (Å²) in [5.41, 5.74) is 0. The smallest absolute Gasteiger partial charge is 0.217 e. The zero-order valence-electron chi connectivity index (χ0n) is 10.9. The van der Waals surface area contributed by atoms with Crippen LogP contribution in [0.25, 0.3) is 0 Å². The van der Waals surface area contributed by atoms with Crippen LogP contribution in [0.4, 0.5) is 0 Å². The second kappa shape index (κ2) is 6.59. The quantitative estimate of drug-likeness (QED) is 0.838. The highest BCUT2D eigenvalue weighted by atomic mass is 16.3. The SMILES string of the molecule is CC(=O)NC1CCC(NCCc2ccco2)CC1. The lowest BCUT2D eigenvalue weighted by Gasteiger charge is -2.29. The van der Waals surface area contributed by atoms with Crippen LogP contribution in [0.2, 0.25) is 0 Å². The average molecular weight is 250 g/mol. The van der Waals surface area contributed by atoms with Gasteiger partial charge in [-0.25, -0.2) is 0 Å². The number of furan rings is 1. The molecule has 0 aromatic carbocycles. The Labute approximate surface area is 108 Å². The fraction of sp³-hybridized carbons (Fsp3) is 0.643. The summed E-state index contributed by atoms with van der Waals surface area (Å²) in [6.07, 6.45) is 7.11. The first-order valence-electron chi connectivity index (χ1n) is 6.77. The van der Waals surface area contributed by atoms with E-state index in [1.807, 2.05) is 12.1 Å². The predicted molar refractivity (Wildman–Crippen MR) is 70.3 cm³/mol. The molecule has 0 bridgehead atoms. The Bertz CT molecular complexity index is 354. The van der Waals surface area contributed by atoms with Gasteiger partial charge >= 0.3 is 0 Å². The molecule has 1 aliphatic carbocycles. The van der Waals surface area contributed by atoms with Crippen LogP contribution in [0.15, 0.2) is 22.8 Å². The van der Waals surface area contributed by atoms with E-state index in [0.717, 1.165) is 44.4 Å². The summed E-state index contributed by atoms with van der Waals surface area (Å²) in [4.78, 5) is 11.0. The van der Waals surface area contributed by atoms with E-state index in [1.165, 1.54) is 0 Å². The second-order valence-corrected chi connectivity index (χ2v) is 5.03. The minimum atomic E-state index is 0.0872. The van der Waals surface area contributed by atoms with Crippen LogP contribution in [-0.4, -0.2) is 24.5 Å². The maximum absolute atomic E-state index is 11.0. The highest BCUT2D eigenvalue weighted by Gasteiger charge is 2.20. The lowest BCUT2D eigenvalue weighted by Crippen LogP contribution is -2.41. The van der Waals surface area contributed by atoms with Crippen molar-refractivity contribution in [1.29, 1.82) is 0 Å². The third kappa shape index (κ3) is 4.18. The number of rotatable bonds is 5. The molecule has 0 radical (unpaired) electrons. The molecule has 1 fully saturated rings. The fourth-order valence-electron chi connectivity index (χ4n) is 2.58. The Kier molecular flexibility index (Phi) is 4.81. The Balaban J connectivity index is 1.60. The van der Waals surface area contributed by atoms with Gasteiger partial charge in [-0.15, -0.1) is 0 Å². The molecule has 0 unspecified atom stereocenters. The Morgan fingerprint density at radius 2 is 2.06 bits per heavy atom. The highest BCUT2D eigenvalue weighted by Crippen LogP contribution is 2.18. The number of carbonyl (C=O) groups is 1. The molecule has 4 heteroatoms. The maximum Gasteiger partial charge on any atom is 0.217 e. The summed E-state index contributed by atoms with van der Waals surface area (Å²) in [5.74, 6) is 1.12. The molecule has 0 spiro atoms. The summed E-state index contributed by atoms with van der Waals surface area (Å²) in [6.45, 7) is 2.55. The van der Waals surface area contributed by atoms with E-state index >= 15 is 0 Å². The zero-order chi connectivity index (χ0) is 12.8. The Morgan fingerprint density at radius 1 is 1.33 bits per heavy atom. The number of nitrogens with one attached hydrogen (secondary N) is 2. The van der Waals surface area contributed by atoms with Gasteiger partial charge in [-0.05, 0) is 37.8 Å². The van der Waals surface area contributed by atoms with Crippen molar-refractivity contribution >= 4 is 5.91 Å². The van der Waals surface area contributed by atoms with Crippen molar-refractivity contribution in [2.75, 3.05) is 6.54 Å². The molecular weight excluding hydrogens is 228 g/mol. The normalized spacial score (nSPS) is 23.8. The molecule has 0 atom stereocenters. The average Bonchev–Trinajstić information content (AvgIpc) is 2.84. The van der Waals surface area contributed by atoms with Gasteiger partial charge in [0.15, 0.2) is 0 Å². The van der Waals surface area contributed by atoms with Crippen LogP contribution in [0.5, 0.6) is 0 Å². The zero-order valence-corrected chi connectivity index (χ0v) is 10.9. The van der Waals surface area contributed by atoms with Gasteiger partial charge in [0, 0.05) is 32.0 Å². The molecule has 4 nitrogen and oxygen atoms in total. The molecule has 18 heavy (non-hydrogen) atoms. The molecule has 1 heterocycles. The van der Waals surface area contributed by atoms with E-state index in [0.29, 0.717) is 12.1 Å². The summed E-state index contributed by atoms with van der Waals surface area (Å²) in [5, 5.41) is 6.56. The molecular formula is C14H22N2O2. The lowest BCUT2D eigenvalue weighted by molar-refractivity contribution is -0.119. The highest BCUT2D eigenvalue weighted by molar-refractivity contribution is 5.73. The van der Waals surface area contributed by atoms with E-state index in [9.17, 15) is 4.79 Å². The predicted octanol–water partition coefficient (Wildman–Crippen LogP) is 1.86. The maximum atomic E-state index is 11.0. The number of carbonyl (C=O) groups excluding carboxylic acids is 1. The molecule has 100 valence electrons. The van der Waals surface area contributed by atoms with Gasteiger partial charge in [0.1, 0.15) is 5.76 Å². The topological polar surface area (TPSA) is 54.3 Å². The summed E-state index contributed by atoms with van der Waals surface area (Å²) >= 11 is 0. The van der Waals surface area contributed by atoms with Crippen LogP contribution >= 0.6 is 0 Å². The number of hydrogen-bond donors (Lipinski definition) is 2. The molecule has 1 aromatic heterocycles. The lowest BCUT2D eigenvalue weighted by atomic mass is 9.91. The fourth-order valence-corrected chi connectivity index (χ4v) is 2.58. The van der Waals surface area contributed by atoms with Gasteiger partial charge in [-0.3, -0.25) is 4.79 Å². The van der Waals surface area contributed by atoms with Gasteiger partial charge < -0.3 is 15.1 Å². The van der Waals surface area contributed by atoms with Gasteiger partial charge in [0.05, 0.1) is 6.26 Å². The standard InChI is InChI=1S/C14H22N2O2/c1-11(17)16-13-6-4-12(5-7-13)15-9-8-14-3-2-10-18-14/h2-3,10,12-13,15H,4-9H2,1H3,(H,16,17). The number of hydrogen-bond acceptors (Lipinski definition) is 3. The van der Waals surface area contributed by atoms with Crippen molar-refractivity contribution in [3.63, 3.8) is 0 Å². The van der Waals surface area contributed by atoms with Gasteiger partial charge in [0.2, 0.25) is 5.91 Å². The summed E-state index contributed by atoms with van der Waals surface area (Å²) in [7, 11) is 0. The molecule has 1 aromatic rings. The minimum Gasteiger partial charge on any atom is -0.469 e. The van der Waals surface area contributed by atoms with Crippen LogP contribution in [-0.2, 0) is 11.2 Å². The van der Waals surface area contributed by atoms with Crippen LogP contribution in [0.3, 0.4) is 0 Å². The van der Waals surface area contributed by atoms with Gasteiger partial charge in [-0.1, -0.05) is 0 Å². The van der Waals surface area contributed by atoms with E-state index in [2.05, 4.69) is 10.6 Å². The first kappa shape index (κ1) is 13.1. The van der Waals surface area contributed by atoms with Crippen molar-refractivity contribution < 1.29 is 9.21 Å². The first-order valence-corrected chi connectivity index (χ1v) is 6.77. The van der Waals surface area contributed by atoms with E-state index in [-0.39, 0.29) is 5.91 Å². The first-order chi connectivity index (χ1) is 8.74. The van der Waals surface area contributed by atoms with Crippen molar-refractivity contribution in [1.82, 2.24) is 10.6 Å². The Morgan fingerprint density at radius 3 is 2.67 bits per heavy atom. The Hall–Kier alpha value is -1.29. The van der Waals surface area contributed by atoms with Crippen LogP contribution < -0.4 is 10.6 Å². The summed E-state index contributed by atoms with van der Waals surface area (Å²) < 4.78 is 5.30. The molecule has 1 saturated carbocycles. The van der Waals surface area contributed by atoms with Crippen LogP contribution in [0, 0.1) is 0 Å².